The zero-order valence-corrected chi connectivity index (χ0v) is 15.1. The second-order valence-corrected chi connectivity index (χ2v) is 6.62. The summed E-state index contributed by atoms with van der Waals surface area (Å²) in [5.74, 6) is 0.655. The quantitative estimate of drug-likeness (QED) is 0.766. The summed E-state index contributed by atoms with van der Waals surface area (Å²) in [6, 6.07) is 8.01. The Morgan fingerprint density at radius 3 is 2.52 bits per heavy atom. The molecule has 23 heavy (non-hydrogen) atoms. The number of amides is 1. The van der Waals surface area contributed by atoms with Gasteiger partial charge < -0.3 is 10.6 Å². The Morgan fingerprint density at radius 2 is 2.00 bits per heavy atom. The minimum absolute atomic E-state index is 0.0554. The van der Waals surface area contributed by atoms with E-state index in [-0.39, 0.29) is 17.9 Å². The van der Waals surface area contributed by atoms with Gasteiger partial charge in [0.15, 0.2) is 0 Å². The van der Waals surface area contributed by atoms with Crippen LogP contribution in [-0.2, 0) is 4.79 Å². The summed E-state index contributed by atoms with van der Waals surface area (Å²) in [7, 11) is 0. The van der Waals surface area contributed by atoms with Crippen LogP contribution in [0.15, 0.2) is 24.3 Å². The monoisotopic (exact) mass is 337 g/mol. The molecule has 2 unspecified atom stereocenters. The van der Waals surface area contributed by atoms with Crippen molar-refractivity contribution in [1.29, 1.82) is 0 Å². The standard InChI is InChI=1S/C18H28ClN3O/c1-4-22(5-2)17(15-8-6-7-9-16(15)19)12-21-18(23)13(3)14-10-20-11-14/h6-9,13-14,17,20H,4-5,10-12H2,1-3H3,(H,21,23). The number of carbonyl (C=O) groups is 1. The number of benzene rings is 1. The van der Waals surface area contributed by atoms with Gasteiger partial charge in [0.2, 0.25) is 5.91 Å². The first-order valence-corrected chi connectivity index (χ1v) is 8.93. The van der Waals surface area contributed by atoms with Crippen LogP contribution in [0.25, 0.3) is 0 Å². The van der Waals surface area contributed by atoms with Crippen molar-refractivity contribution < 1.29 is 4.79 Å². The largest absolute Gasteiger partial charge is 0.354 e. The minimum Gasteiger partial charge on any atom is -0.354 e. The van der Waals surface area contributed by atoms with Crippen molar-refractivity contribution in [3.8, 4) is 0 Å². The van der Waals surface area contributed by atoms with Crippen molar-refractivity contribution in [2.24, 2.45) is 11.8 Å². The Morgan fingerprint density at radius 1 is 1.35 bits per heavy atom. The van der Waals surface area contributed by atoms with Crippen LogP contribution in [-0.4, -0.2) is 43.5 Å². The van der Waals surface area contributed by atoms with E-state index >= 15 is 0 Å². The maximum Gasteiger partial charge on any atom is 0.223 e. The lowest BCUT2D eigenvalue weighted by atomic mass is 9.88. The summed E-state index contributed by atoms with van der Waals surface area (Å²) in [5.41, 5.74) is 1.08. The zero-order valence-electron chi connectivity index (χ0n) is 14.3. The van der Waals surface area contributed by atoms with Crippen molar-refractivity contribution in [3.05, 3.63) is 34.9 Å². The fourth-order valence-electron chi connectivity index (χ4n) is 3.08. The lowest BCUT2D eigenvalue weighted by Gasteiger charge is -2.34. The van der Waals surface area contributed by atoms with Gasteiger partial charge in [-0.3, -0.25) is 9.69 Å². The van der Waals surface area contributed by atoms with Crippen LogP contribution >= 0.6 is 11.6 Å². The van der Waals surface area contributed by atoms with Crippen LogP contribution in [0.4, 0.5) is 0 Å². The summed E-state index contributed by atoms with van der Waals surface area (Å²) in [6.45, 7) is 10.6. The summed E-state index contributed by atoms with van der Waals surface area (Å²) >= 11 is 6.39. The predicted octanol–water partition coefficient (Wildman–Crippen LogP) is 2.69. The maximum absolute atomic E-state index is 12.4. The smallest absolute Gasteiger partial charge is 0.223 e. The van der Waals surface area contributed by atoms with Crippen molar-refractivity contribution in [1.82, 2.24) is 15.5 Å². The number of likely N-dealkylation sites (N-methyl/N-ethyl adjacent to an activating group) is 1. The third-order valence-electron chi connectivity index (χ3n) is 4.92. The third kappa shape index (κ3) is 4.46. The summed E-state index contributed by atoms with van der Waals surface area (Å²) < 4.78 is 0. The molecule has 0 saturated carbocycles. The van der Waals surface area contributed by atoms with Crippen LogP contribution in [0, 0.1) is 11.8 Å². The van der Waals surface area contributed by atoms with Crippen LogP contribution in [0.1, 0.15) is 32.4 Å². The number of hydrogen-bond donors (Lipinski definition) is 2. The van der Waals surface area contributed by atoms with E-state index in [4.69, 9.17) is 11.6 Å². The van der Waals surface area contributed by atoms with E-state index in [1.165, 1.54) is 0 Å². The maximum atomic E-state index is 12.4. The number of nitrogens with one attached hydrogen (secondary N) is 2. The summed E-state index contributed by atoms with van der Waals surface area (Å²) in [4.78, 5) is 14.7. The van der Waals surface area contributed by atoms with Crippen molar-refractivity contribution in [3.63, 3.8) is 0 Å². The molecule has 1 amide bonds. The molecule has 0 spiro atoms. The number of halogens is 1. The molecule has 1 aromatic carbocycles. The molecule has 1 saturated heterocycles. The summed E-state index contributed by atoms with van der Waals surface area (Å²) in [5, 5.41) is 7.12. The molecule has 0 bridgehead atoms. The molecule has 1 aromatic rings. The highest BCUT2D eigenvalue weighted by molar-refractivity contribution is 6.31. The van der Waals surface area contributed by atoms with E-state index in [9.17, 15) is 4.79 Å². The minimum atomic E-state index is 0.0554. The molecule has 0 aliphatic carbocycles. The van der Waals surface area contributed by atoms with Gasteiger partial charge in [-0.25, -0.2) is 0 Å². The van der Waals surface area contributed by atoms with Crippen molar-refractivity contribution >= 4 is 17.5 Å². The van der Waals surface area contributed by atoms with Gasteiger partial charge in [0.25, 0.3) is 0 Å². The average molecular weight is 338 g/mol. The molecule has 2 rings (SSSR count). The number of hydrogen-bond acceptors (Lipinski definition) is 3. The van der Waals surface area contributed by atoms with Gasteiger partial charge in [-0.1, -0.05) is 50.6 Å². The van der Waals surface area contributed by atoms with E-state index < -0.39 is 0 Å². The third-order valence-corrected chi connectivity index (χ3v) is 5.26. The number of carbonyl (C=O) groups excluding carboxylic acids is 1. The first-order valence-electron chi connectivity index (χ1n) is 8.55. The van der Waals surface area contributed by atoms with Gasteiger partial charge >= 0.3 is 0 Å². The molecular weight excluding hydrogens is 310 g/mol. The normalized spacial score (nSPS) is 17.6. The Hall–Kier alpha value is -1.10. The molecule has 0 aromatic heterocycles. The fourth-order valence-corrected chi connectivity index (χ4v) is 3.34. The Kier molecular flexibility index (Phi) is 6.88. The second-order valence-electron chi connectivity index (χ2n) is 6.21. The van der Waals surface area contributed by atoms with E-state index in [1.54, 1.807) is 0 Å². The molecule has 1 heterocycles. The van der Waals surface area contributed by atoms with Gasteiger partial charge in [-0.15, -0.1) is 0 Å². The highest BCUT2D eigenvalue weighted by Gasteiger charge is 2.29. The molecule has 128 valence electrons. The van der Waals surface area contributed by atoms with Gasteiger partial charge in [0, 0.05) is 17.5 Å². The molecule has 1 aliphatic heterocycles. The molecule has 1 fully saturated rings. The first-order chi connectivity index (χ1) is 11.1. The number of nitrogens with zero attached hydrogens (tertiary/aromatic N) is 1. The van der Waals surface area contributed by atoms with Gasteiger partial charge in [0.1, 0.15) is 0 Å². The van der Waals surface area contributed by atoms with E-state index in [0.717, 1.165) is 36.8 Å². The lowest BCUT2D eigenvalue weighted by molar-refractivity contribution is -0.127. The van der Waals surface area contributed by atoms with Gasteiger partial charge in [0.05, 0.1) is 6.04 Å². The van der Waals surface area contributed by atoms with Crippen LogP contribution in [0.3, 0.4) is 0 Å². The highest BCUT2D eigenvalue weighted by atomic mass is 35.5. The van der Waals surface area contributed by atoms with Crippen LogP contribution in [0.2, 0.25) is 5.02 Å². The molecule has 1 aliphatic rings. The second kappa shape index (κ2) is 8.67. The molecule has 5 heteroatoms. The van der Waals surface area contributed by atoms with E-state index in [2.05, 4.69) is 35.4 Å². The molecular formula is C18H28ClN3O. The number of rotatable bonds is 8. The van der Waals surface area contributed by atoms with E-state index in [1.807, 2.05) is 25.1 Å². The Labute approximate surface area is 144 Å². The molecule has 2 N–H and O–H groups in total. The molecule has 2 atom stereocenters. The fraction of sp³-hybridized carbons (Fsp3) is 0.611. The average Bonchev–Trinajstić information content (AvgIpc) is 2.50. The van der Waals surface area contributed by atoms with E-state index in [0.29, 0.717) is 12.5 Å². The van der Waals surface area contributed by atoms with Crippen molar-refractivity contribution in [2.75, 3.05) is 32.7 Å². The first kappa shape index (κ1) is 18.2. The molecule has 4 nitrogen and oxygen atoms in total. The lowest BCUT2D eigenvalue weighted by Crippen LogP contribution is -2.50. The summed E-state index contributed by atoms with van der Waals surface area (Å²) in [6.07, 6.45) is 0. The van der Waals surface area contributed by atoms with Gasteiger partial charge in [-0.2, -0.15) is 0 Å². The predicted molar refractivity (Wildman–Crippen MR) is 95.6 cm³/mol. The van der Waals surface area contributed by atoms with Crippen LogP contribution < -0.4 is 10.6 Å². The van der Waals surface area contributed by atoms with Gasteiger partial charge in [-0.05, 0) is 43.7 Å². The topological polar surface area (TPSA) is 44.4 Å². The Bertz CT molecular complexity index is 515. The van der Waals surface area contributed by atoms with Crippen molar-refractivity contribution in [2.45, 2.75) is 26.8 Å². The Balaban J connectivity index is 2.05. The highest BCUT2D eigenvalue weighted by Crippen LogP contribution is 2.27. The SMILES string of the molecule is CCN(CC)C(CNC(=O)C(C)C1CNC1)c1ccccc1Cl. The van der Waals surface area contributed by atoms with Crippen LogP contribution in [0.5, 0.6) is 0 Å². The molecule has 0 radical (unpaired) electrons. The zero-order chi connectivity index (χ0) is 16.8.